The number of nitrogens with zero attached hydrogens (tertiary/aromatic N) is 3. The number of sulfonamides is 1. The number of aromatic carboxylic acids is 1. The Kier molecular flexibility index (Phi) is 6.65. The lowest BCUT2D eigenvalue weighted by atomic mass is 10.2. The molecule has 2 aromatic carbocycles. The Bertz CT molecular complexity index is 1020. The third kappa shape index (κ3) is 4.61. The van der Waals surface area contributed by atoms with Crippen molar-refractivity contribution in [1.82, 2.24) is 4.31 Å². The molecule has 0 saturated carbocycles. The summed E-state index contributed by atoms with van der Waals surface area (Å²) >= 11 is 6.04. The van der Waals surface area contributed by atoms with E-state index >= 15 is 0 Å². The van der Waals surface area contributed by atoms with Crippen LogP contribution in [0.15, 0.2) is 46.4 Å². The average Bonchev–Trinajstić information content (AvgIpc) is 2.63. The first-order valence-corrected chi connectivity index (χ1v) is 10.0. The van der Waals surface area contributed by atoms with Gasteiger partial charge in [0, 0.05) is 25.3 Å². The van der Waals surface area contributed by atoms with Crippen LogP contribution >= 0.6 is 11.6 Å². The zero-order chi connectivity index (χ0) is 21.1. The number of carboxylic acid groups (broad SMARTS) is 1. The predicted octanol–water partition coefficient (Wildman–Crippen LogP) is 3.44. The molecule has 0 spiro atoms. The van der Waals surface area contributed by atoms with Gasteiger partial charge in [-0.05, 0) is 49.7 Å². The number of carboxylic acids is 1. The molecule has 0 aliphatic heterocycles. The summed E-state index contributed by atoms with van der Waals surface area (Å²) in [4.78, 5) is 11.7. The minimum atomic E-state index is -3.78. The summed E-state index contributed by atoms with van der Waals surface area (Å²) < 4.78 is 25.7. The van der Waals surface area contributed by atoms with Crippen molar-refractivity contribution >= 4 is 45.2 Å². The molecule has 0 saturated heterocycles. The van der Waals surface area contributed by atoms with Gasteiger partial charge in [-0.2, -0.15) is 10.2 Å². The summed E-state index contributed by atoms with van der Waals surface area (Å²) in [5.41, 5.74) is 4.45. The maximum atomic E-state index is 12.3. The fraction of sp³-hybridized carbons (Fsp3) is 0.222. The lowest BCUT2D eigenvalue weighted by molar-refractivity contribution is 0.0697. The Hall–Kier alpha value is -2.62. The largest absolute Gasteiger partial charge is 0.478 e. The first-order chi connectivity index (χ1) is 13.1. The Labute approximate surface area is 169 Å². The van der Waals surface area contributed by atoms with E-state index in [1.54, 1.807) is 19.1 Å². The van der Waals surface area contributed by atoms with Gasteiger partial charge in [0.15, 0.2) is 0 Å². The van der Waals surface area contributed by atoms with Crippen LogP contribution in [0.2, 0.25) is 5.02 Å². The third-order valence-electron chi connectivity index (χ3n) is 3.86. The van der Waals surface area contributed by atoms with Gasteiger partial charge in [-0.25, -0.2) is 17.5 Å². The second-order valence-corrected chi connectivity index (χ2v) is 8.62. The number of aryl methyl sites for hydroxylation is 1. The van der Waals surface area contributed by atoms with Crippen LogP contribution in [0.5, 0.6) is 0 Å². The van der Waals surface area contributed by atoms with Crippen molar-refractivity contribution < 1.29 is 18.3 Å². The number of hydrazone groups is 1. The lowest BCUT2D eigenvalue weighted by Crippen LogP contribution is -2.27. The van der Waals surface area contributed by atoms with Gasteiger partial charge in [-0.1, -0.05) is 17.7 Å². The molecule has 2 aromatic rings. The first-order valence-electron chi connectivity index (χ1n) is 8.19. The fourth-order valence-corrected chi connectivity index (χ4v) is 3.44. The van der Waals surface area contributed by atoms with Crippen LogP contribution in [0, 0.1) is 6.92 Å². The van der Waals surface area contributed by atoms with Crippen molar-refractivity contribution in [2.45, 2.75) is 18.7 Å². The van der Waals surface area contributed by atoms with E-state index in [9.17, 15) is 18.3 Å². The molecule has 2 rings (SSSR count). The molecule has 10 heteroatoms. The zero-order valence-electron chi connectivity index (χ0n) is 15.8. The van der Waals surface area contributed by atoms with Crippen LogP contribution < -0.4 is 10.5 Å². The summed E-state index contributed by atoms with van der Waals surface area (Å²) in [6, 6.07) is 9.06. The zero-order valence-corrected chi connectivity index (χ0v) is 17.4. The molecule has 0 amide bonds. The normalized spacial score (nSPS) is 11.8. The van der Waals surface area contributed by atoms with Gasteiger partial charge in [0.1, 0.15) is 0 Å². The molecule has 150 valence electrons. The van der Waals surface area contributed by atoms with Crippen molar-refractivity contribution in [3.05, 3.63) is 52.5 Å². The number of rotatable bonds is 7. The highest BCUT2D eigenvalue weighted by Crippen LogP contribution is 2.28. The van der Waals surface area contributed by atoms with Crippen LogP contribution in [-0.4, -0.2) is 44.1 Å². The molecule has 0 radical (unpaired) electrons. The van der Waals surface area contributed by atoms with E-state index in [-0.39, 0.29) is 16.1 Å². The Morgan fingerprint density at radius 2 is 1.89 bits per heavy atom. The SMILES string of the molecule is C/C=N/N(Nc1cc(Cl)ccc1C)c1ccc(S(=O)(=O)N(C)C)cc1C(=O)O. The van der Waals surface area contributed by atoms with E-state index in [2.05, 4.69) is 10.5 Å². The molecule has 0 aromatic heterocycles. The van der Waals surface area contributed by atoms with Gasteiger partial charge in [-0.3, -0.25) is 5.43 Å². The molecule has 0 fully saturated rings. The monoisotopic (exact) mass is 424 g/mol. The molecule has 0 aliphatic carbocycles. The lowest BCUT2D eigenvalue weighted by Gasteiger charge is -2.24. The van der Waals surface area contributed by atoms with Gasteiger partial charge >= 0.3 is 5.97 Å². The van der Waals surface area contributed by atoms with E-state index in [1.807, 2.05) is 13.0 Å². The minimum absolute atomic E-state index is 0.127. The van der Waals surface area contributed by atoms with E-state index in [0.717, 1.165) is 15.9 Å². The molecule has 0 aliphatic rings. The number of carbonyl (C=O) groups is 1. The smallest absolute Gasteiger partial charge is 0.338 e. The number of hydrogen-bond donors (Lipinski definition) is 2. The van der Waals surface area contributed by atoms with Gasteiger partial charge in [0.2, 0.25) is 10.0 Å². The van der Waals surface area contributed by atoms with E-state index in [1.165, 1.54) is 37.6 Å². The summed E-state index contributed by atoms with van der Waals surface area (Å²) in [7, 11) is -1.03. The van der Waals surface area contributed by atoms with Crippen molar-refractivity contribution in [1.29, 1.82) is 0 Å². The molecular formula is C18H21ClN4O4S. The van der Waals surface area contributed by atoms with Crippen molar-refractivity contribution in [3.8, 4) is 0 Å². The molecule has 28 heavy (non-hydrogen) atoms. The van der Waals surface area contributed by atoms with E-state index in [4.69, 9.17) is 11.6 Å². The van der Waals surface area contributed by atoms with Crippen LogP contribution in [0.25, 0.3) is 0 Å². The number of benzene rings is 2. The second kappa shape index (κ2) is 8.59. The molecule has 2 N–H and O–H groups in total. The second-order valence-electron chi connectivity index (χ2n) is 6.03. The maximum Gasteiger partial charge on any atom is 0.338 e. The van der Waals surface area contributed by atoms with Crippen LogP contribution in [-0.2, 0) is 10.0 Å². The van der Waals surface area contributed by atoms with E-state index < -0.39 is 16.0 Å². The quantitative estimate of drug-likeness (QED) is 0.521. The topological polar surface area (TPSA) is 102 Å². The van der Waals surface area contributed by atoms with Crippen molar-refractivity contribution in [2.24, 2.45) is 5.10 Å². The highest BCUT2D eigenvalue weighted by atomic mass is 35.5. The Morgan fingerprint density at radius 3 is 2.46 bits per heavy atom. The Morgan fingerprint density at radius 1 is 1.21 bits per heavy atom. The highest BCUT2D eigenvalue weighted by Gasteiger charge is 2.23. The predicted molar refractivity (Wildman–Crippen MR) is 111 cm³/mol. The van der Waals surface area contributed by atoms with Gasteiger partial charge in [-0.15, -0.1) is 0 Å². The molecule has 0 heterocycles. The molecule has 0 unspecified atom stereocenters. The number of halogens is 1. The standard InChI is InChI=1S/C18H21ClN4O4S/c1-5-20-23(21-16-10-13(19)7-6-12(16)2)17-9-8-14(11-15(17)18(24)25)28(26,27)22(3)4/h5-11,21H,1-4H3,(H,24,25)/b20-5+. The number of nitrogens with one attached hydrogen (secondary N) is 1. The van der Waals surface area contributed by atoms with Crippen LogP contribution in [0.3, 0.4) is 0 Å². The number of hydrazine groups is 1. The van der Waals surface area contributed by atoms with Crippen molar-refractivity contribution in [2.75, 3.05) is 24.6 Å². The van der Waals surface area contributed by atoms with Gasteiger partial charge in [0.25, 0.3) is 0 Å². The number of hydrogen-bond acceptors (Lipinski definition) is 6. The molecule has 8 nitrogen and oxygen atoms in total. The maximum absolute atomic E-state index is 12.3. The Balaban J connectivity index is 2.58. The van der Waals surface area contributed by atoms with Crippen LogP contribution in [0.1, 0.15) is 22.8 Å². The molecular weight excluding hydrogens is 404 g/mol. The highest BCUT2D eigenvalue weighted by molar-refractivity contribution is 7.89. The molecule has 0 atom stereocenters. The van der Waals surface area contributed by atoms with Crippen molar-refractivity contribution in [3.63, 3.8) is 0 Å². The summed E-state index contributed by atoms with van der Waals surface area (Å²) in [6.45, 7) is 3.53. The summed E-state index contributed by atoms with van der Waals surface area (Å²) in [5.74, 6) is -1.29. The number of anilines is 2. The average molecular weight is 425 g/mol. The first kappa shape index (κ1) is 21.7. The fourth-order valence-electron chi connectivity index (χ4n) is 2.34. The third-order valence-corrected chi connectivity index (χ3v) is 5.91. The van der Waals surface area contributed by atoms with E-state index in [0.29, 0.717) is 10.7 Å². The summed E-state index contributed by atoms with van der Waals surface area (Å²) in [6.07, 6.45) is 1.48. The van der Waals surface area contributed by atoms with Crippen LogP contribution in [0.4, 0.5) is 11.4 Å². The summed E-state index contributed by atoms with van der Waals surface area (Å²) in [5, 5.41) is 15.6. The van der Waals surface area contributed by atoms with Gasteiger partial charge in [0.05, 0.1) is 21.8 Å². The minimum Gasteiger partial charge on any atom is -0.478 e. The molecule has 0 bridgehead atoms. The van der Waals surface area contributed by atoms with Gasteiger partial charge < -0.3 is 5.11 Å².